The second kappa shape index (κ2) is 10.5. The lowest BCUT2D eigenvalue weighted by Crippen LogP contribution is -2.64. The third-order valence-corrected chi connectivity index (χ3v) is 7.42. The predicted molar refractivity (Wildman–Crippen MR) is 98.3 cm³/mol. The average molecular weight is 465 g/mol. The fraction of sp³-hybridized carbons (Fsp3) is 1.00. The molecule has 2 heterocycles. The lowest BCUT2D eigenvalue weighted by molar-refractivity contribution is -0.342. The number of rotatable bonds is 8. The van der Waals surface area contributed by atoms with Crippen LogP contribution in [0.2, 0.25) is 0 Å². The summed E-state index contributed by atoms with van der Waals surface area (Å²) in [6.07, 6.45) is -13.4. The zero-order valence-electron chi connectivity index (χ0n) is 15.6. The minimum absolute atomic E-state index is 0.0687. The SMILES string of the molecule is CS(=O)(=O)SCC[C@@H]1O[C@H](CO)[C@@H](O[C@@H]2O[C@H](CO)[C@H](O)[C@H](O)[C@H]2O)[C@H](O)[C@H]1O. The maximum atomic E-state index is 11.2. The first kappa shape index (κ1) is 25.2. The second-order valence-corrected chi connectivity index (χ2v) is 11.6. The van der Waals surface area contributed by atoms with E-state index >= 15 is 0 Å². The van der Waals surface area contributed by atoms with E-state index < -0.39 is 83.3 Å². The standard InChI is InChI=1S/C15H28O12S2/c1-29(23,24)28-3-2-6-9(18)12(21)14(8(5-17)25-6)27-15-13(22)11(20)10(19)7(4-16)26-15/h6-22H,2-5H2,1H3/t6-,7+,8+,9-,10-,11-,12+,13+,14+,15-/m0/s1. The van der Waals surface area contributed by atoms with Gasteiger partial charge in [-0.15, -0.1) is 0 Å². The maximum Gasteiger partial charge on any atom is 0.198 e. The van der Waals surface area contributed by atoms with Gasteiger partial charge in [0.15, 0.2) is 15.2 Å². The summed E-state index contributed by atoms with van der Waals surface area (Å²) in [6, 6.07) is 0. The van der Waals surface area contributed by atoms with E-state index in [0.717, 1.165) is 6.26 Å². The van der Waals surface area contributed by atoms with Crippen LogP contribution in [-0.4, -0.2) is 131 Å². The van der Waals surface area contributed by atoms with Crippen LogP contribution in [0, 0.1) is 0 Å². The first-order valence-corrected chi connectivity index (χ1v) is 12.3. The van der Waals surface area contributed by atoms with Gasteiger partial charge in [-0.2, -0.15) is 0 Å². The van der Waals surface area contributed by atoms with Crippen molar-refractivity contribution in [2.75, 3.05) is 25.2 Å². The van der Waals surface area contributed by atoms with Crippen molar-refractivity contribution in [3.8, 4) is 0 Å². The van der Waals surface area contributed by atoms with Gasteiger partial charge in [0.1, 0.15) is 48.8 Å². The van der Waals surface area contributed by atoms with Gasteiger partial charge in [0.05, 0.1) is 19.3 Å². The normalized spacial score (nSPS) is 44.0. The highest BCUT2D eigenvalue weighted by atomic mass is 33.1. The zero-order valence-corrected chi connectivity index (χ0v) is 17.2. The molecule has 2 aliphatic rings. The van der Waals surface area contributed by atoms with Gasteiger partial charge in [-0.3, -0.25) is 0 Å². The maximum absolute atomic E-state index is 11.2. The number of aliphatic hydroxyl groups excluding tert-OH is 7. The topological polar surface area (TPSA) is 203 Å². The molecule has 0 radical (unpaired) electrons. The van der Waals surface area contributed by atoms with Crippen LogP contribution in [0.15, 0.2) is 0 Å². The Morgan fingerprint density at radius 3 is 1.97 bits per heavy atom. The van der Waals surface area contributed by atoms with Crippen molar-refractivity contribution in [2.24, 2.45) is 0 Å². The average Bonchev–Trinajstić information content (AvgIpc) is 2.66. The summed E-state index contributed by atoms with van der Waals surface area (Å²) in [5.74, 6) is 0.0870. The van der Waals surface area contributed by atoms with Crippen LogP contribution in [0.3, 0.4) is 0 Å². The molecular weight excluding hydrogens is 436 g/mol. The fourth-order valence-electron chi connectivity index (χ4n) is 3.22. The molecule has 172 valence electrons. The third kappa shape index (κ3) is 6.21. The molecule has 0 aromatic rings. The number of hydrogen-bond acceptors (Lipinski definition) is 13. The minimum Gasteiger partial charge on any atom is -0.394 e. The lowest BCUT2D eigenvalue weighted by atomic mass is 9.93. The molecule has 10 atom stereocenters. The molecule has 2 aliphatic heterocycles. The van der Waals surface area contributed by atoms with E-state index in [9.17, 15) is 44.2 Å². The fourth-order valence-corrected chi connectivity index (χ4v) is 5.05. The molecular formula is C15H28O12S2. The molecule has 0 unspecified atom stereocenters. The van der Waals surface area contributed by atoms with Crippen molar-refractivity contribution in [3.05, 3.63) is 0 Å². The van der Waals surface area contributed by atoms with Gasteiger partial charge >= 0.3 is 0 Å². The molecule has 14 heteroatoms. The summed E-state index contributed by atoms with van der Waals surface area (Å²) < 4.78 is 38.6. The van der Waals surface area contributed by atoms with E-state index in [1.807, 2.05) is 0 Å². The van der Waals surface area contributed by atoms with Gasteiger partial charge in [-0.1, -0.05) is 0 Å². The molecule has 29 heavy (non-hydrogen) atoms. The predicted octanol–water partition coefficient (Wildman–Crippen LogP) is -4.26. The summed E-state index contributed by atoms with van der Waals surface area (Å²) in [6.45, 7) is -1.32. The Hall–Kier alpha value is -0.100. The van der Waals surface area contributed by atoms with Gasteiger partial charge in [0, 0.05) is 12.0 Å². The Bertz CT molecular complexity index is 614. The molecule has 2 rings (SSSR count). The first-order chi connectivity index (χ1) is 13.5. The van der Waals surface area contributed by atoms with Gasteiger partial charge in [-0.05, 0) is 17.2 Å². The highest BCUT2D eigenvalue weighted by Gasteiger charge is 2.50. The van der Waals surface area contributed by atoms with Gasteiger partial charge in [0.25, 0.3) is 0 Å². The van der Waals surface area contributed by atoms with E-state index in [-0.39, 0.29) is 12.2 Å². The lowest BCUT2D eigenvalue weighted by Gasteiger charge is -2.46. The molecule has 2 saturated heterocycles. The molecule has 7 N–H and O–H groups in total. The van der Waals surface area contributed by atoms with E-state index in [1.165, 1.54) is 0 Å². The summed E-state index contributed by atoms with van der Waals surface area (Å²) in [7, 11) is -2.65. The molecule has 0 aliphatic carbocycles. The largest absolute Gasteiger partial charge is 0.394 e. The van der Waals surface area contributed by atoms with Crippen molar-refractivity contribution in [3.63, 3.8) is 0 Å². The van der Waals surface area contributed by atoms with Crippen molar-refractivity contribution in [1.82, 2.24) is 0 Å². The van der Waals surface area contributed by atoms with Gasteiger partial charge in [-0.25, -0.2) is 8.42 Å². The van der Waals surface area contributed by atoms with E-state index in [0.29, 0.717) is 10.8 Å². The summed E-state index contributed by atoms with van der Waals surface area (Å²) in [4.78, 5) is 0. The van der Waals surface area contributed by atoms with Gasteiger partial charge < -0.3 is 50.0 Å². The Kier molecular flexibility index (Phi) is 9.09. The Morgan fingerprint density at radius 2 is 1.41 bits per heavy atom. The monoisotopic (exact) mass is 464 g/mol. The van der Waals surface area contributed by atoms with Crippen LogP contribution in [0.1, 0.15) is 6.42 Å². The summed E-state index contributed by atoms with van der Waals surface area (Å²) in [5.41, 5.74) is 0. The molecule has 0 bridgehead atoms. The van der Waals surface area contributed by atoms with Crippen LogP contribution in [0.25, 0.3) is 0 Å². The van der Waals surface area contributed by atoms with Crippen molar-refractivity contribution in [1.29, 1.82) is 0 Å². The van der Waals surface area contributed by atoms with Crippen LogP contribution < -0.4 is 0 Å². The highest BCUT2D eigenvalue weighted by Crippen LogP contribution is 2.30. The molecule has 0 aromatic carbocycles. The van der Waals surface area contributed by atoms with E-state index in [1.54, 1.807) is 0 Å². The van der Waals surface area contributed by atoms with E-state index in [4.69, 9.17) is 14.2 Å². The quantitative estimate of drug-likeness (QED) is 0.170. The van der Waals surface area contributed by atoms with Crippen molar-refractivity contribution < 1.29 is 58.4 Å². The molecule has 0 saturated carbocycles. The van der Waals surface area contributed by atoms with Crippen LogP contribution in [0.5, 0.6) is 0 Å². The smallest absolute Gasteiger partial charge is 0.198 e. The van der Waals surface area contributed by atoms with Crippen molar-refractivity contribution in [2.45, 2.75) is 67.6 Å². The first-order valence-electron chi connectivity index (χ1n) is 8.93. The minimum atomic E-state index is -3.29. The Balaban J connectivity index is 2.05. The number of hydrogen-bond donors (Lipinski definition) is 7. The van der Waals surface area contributed by atoms with Gasteiger partial charge in [0.2, 0.25) is 0 Å². The molecule has 12 nitrogen and oxygen atoms in total. The van der Waals surface area contributed by atoms with Crippen LogP contribution >= 0.6 is 10.8 Å². The second-order valence-electron chi connectivity index (χ2n) is 6.99. The summed E-state index contributed by atoms with van der Waals surface area (Å²) in [5, 5.41) is 69.3. The third-order valence-electron chi connectivity index (χ3n) is 4.80. The van der Waals surface area contributed by atoms with Crippen LogP contribution in [0.4, 0.5) is 0 Å². The molecule has 0 amide bonds. The molecule has 0 spiro atoms. The van der Waals surface area contributed by atoms with E-state index in [2.05, 4.69) is 0 Å². The molecule has 0 aromatic heterocycles. The van der Waals surface area contributed by atoms with Crippen molar-refractivity contribution >= 4 is 19.7 Å². The highest BCUT2D eigenvalue weighted by molar-refractivity contribution is 8.71. The van der Waals surface area contributed by atoms with Crippen LogP contribution in [-0.2, 0) is 23.1 Å². The number of aliphatic hydroxyl groups is 7. The molecule has 2 fully saturated rings. The summed E-state index contributed by atoms with van der Waals surface area (Å²) >= 11 is 0. The number of ether oxygens (including phenoxy) is 3. The Labute approximate surface area is 171 Å². The Morgan fingerprint density at radius 1 is 0.828 bits per heavy atom. The zero-order chi connectivity index (χ0) is 21.9.